The van der Waals surface area contributed by atoms with Crippen molar-refractivity contribution >= 4 is 5.78 Å². The number of ketones is 1. The van der Waals surface area contributed by atoms with Gasteiger partial charge >= 0.3 is 0 Å². The predicted molar refractivity (Wildman–Crippen MR) is 61.0 cm³/mol. The number of carbonyl (C=O) groups excluding carboxylic acids is 1. The van der Waals surface area contributed by atoms with Gasteiger partial charge in [0.2, 0.25) is 0 Å². The number of hydrogen-bond donors (Lipinski definition) is 3. The van der Waals surface area contributed by atoms with E-state index in [-0.39, 0.29) is 25.1 Å². The summed E-state index contributed by atoms with van der Waals surface area (Å²) < 4.78 is 10.9. The first-order valence-corrected chi connectivity index (χ1v) is 6.35. The number of aliphatic hydroxyl groups excluding tert-OH is 3. The quantitative estimate of drug-likeness (QED) is 0.586. The van der Waals surface area contributed by atoms with Gasteiger partial charge in [-0.3, -0.25) is 4.79 Å². The molecule has 0 radical (unpaired) electrons. The molecule has 2 aliphatic rings. The minimum atomic E-state index is -1.23. The van der Waals surface area contributed by atoms with Gasteiger partial charge in [-0.25, -0.2) is 0 Å². The summed E-state index contributed by atoms with van der Waals surface area (Å²) in [7, 11) is 0. The van der Waals surface area contributed by atoms with Crippen LogP contribution in [0.15, 0.2) is 0 Å². The molecule has 104 valence electrons. The highest BCUT2D eigenvalue weighted by Gasteiger charge is 2.50. The lowest BCUT2D eigenvalue weighted by molar-refractivity contribution is -0.161. The molecule has 18 heavy (non-hydrogen) atoms. The third kappa shape index (κ3) is 2.44. The number of aliphatic hydroxyl groups is 3. The third-order valence-electron chi connectivity index (χ3n) is 3.77. The standard InChI is InChI=1S/C12H20O6/c13-5-8-1-2-10(17-8)11(16)12(7-15)4-3-9(6-14)18-12/h8-10,13-15H,1-7H2. The first-order chi connectivity index (χ1) is 8.65. The van der Waals surface area contributed by atoms with E-state index in [2.05, 4.69) is 0 Å². The van der Waals surface area contributed by atoms with Crippen molar-refractivity contribution in [3.05, 3.63) is 0 Å². The van der Waals surface area contributed by atoms with E-state index in [1.807, 2.05) is 0 Å². The third-order valence-corrected chi connectivity index (χ3v) is 3.77. The largest absolute Gasteiger partial charge is 0.394 e. The maximum Gasteiger partial charge on any atom is 0.195 e. The van der Waals surface area contributed by atoms with Gasteiger partial charge in [-0.2, -0.15) is 0 Å². The molecule has 0 aromatic rings. The molecule has 2 fully saturated rings. The minimum absolute atomic E-state index is 0.101. The summed E-state index contributed by atoms with van der Waals surface area (Å²) >= 11 is 0. The van der Waals surface area contributed by atoms with Gasteiger partial charge in [0.25, 0.3) is 0 Å². The van der Waals surface area contributed by atoms with Crippen molar-refractivity contribution in [2.45, 2.75) is 49.6 Å². The Morgan fingerprint density at radius 1 is 1.11 bits per heavy atom. The minimum Gasteiger partial charge on any atom is -0.394 e. The molecule has 3 N–H and O–H groups in total. The average molecular weight is 260 g/mol. The fourth-order valence-corrected chi connectivity index (χ4v) is 2.66. The van der Waals surface area contributed by atoms with Gasteiger partial charge in [0.1, 0.15) is 6.10 Å². The number of Topliss-reactive ketones (excluding diaryl/α,β-unsaturated/α-hetero) is 1. The summed E-state index contributed by atoms with van der Waals surface area (Å²) in [6.45, 7) is -0.651. The molecule has 0 aliphatic carbocycles. The van der Waals surface area contributed by atoms with Crippen molar-refractivity contribution in [3.63, 3.8) is 0 Å². The van der Waals surface area contributed by atoms with Crippen LogP contribution in [0, 0.1) is 0 Å². The lowest BCUT2D eigenvalue weighted by Gasteiger charge is -2.28. The zero-order valence-corrected chi connectivity index (χ0v) is 10.2. The molecule has 0 amide bonds. The Bertz CT molecular complexity index is 307. The van der Waals surface area contributed by atoms with E-state index in [1.165, 1.54) is 0 Å². The first kappa shape index (κ1) is 13.9. The molecule has 6 nitrogen and oxygen atoms in total. The van der Waals surface area contributed by atoms with E-state index < -0.39 is 24.4 Å². The zero-order chi connectivity index (χ0) is 13.2. The molecule has 0 aromatic heterocycles. The Kier molecular flexibility index (Phi) is 4.34. The van der Waals surface area contributed by atoms with E-state index in [1.54, 1.807) is 0 Å². The molecule has 0 bridgehead atoms. The number of carbonyl (C=O) groups is 1. The molecule has 2 saturated heterocycles. The van der Waals surface area contributed by atoms with Crippen molar-refractivity contribution < 1.29 is 29.6 Å². The Morgan fingerprint density at radius 3 is 2.33 bits per heavy atom. The lowest BCUT2D eigenvalue weighted by atomic mass is 9.91. The van der Waals surface area contributed by atoms with Crippen molar-refractivity contribution in [2.24, 2.45) is 0 Å². The Hall–Kier alpha value is -0.530. The highest BCUT2D eigenvalue weighted by Crippen LogP contribution is 2.35. The van der Waals surface area contributed by atoms with Crippen molar-refractivity contribution in [1.29, 1.82) is 0 Å². The number of rotatable bonds is 5. The van der Waals surface area contributed by atoms with Gasteiger partial charge < -0.3 is 24.8 Å². The molecule has 0 aromatic carbocycles. The molecule has 0 spiro atoms. The number of hydrogen-bond acceptors (Lipinski definition) is 6. The molecule has 2 rings (SSSR count). The molecular formula is C12H20O6. The van der Waals surface area contributed by atoms with Crippen molar-refractivity contribution in [2.75, 3.05) is 19.8 Å². The van der Waals surface area contributed by atoms with E-state index >= 15 is 0 Å². The van der Waals surface area contributed by atoms with Crippen LogP contribution in [0.3, 0.4) is 0 Å². The molecule has 2 aliphatic heterocycles. The predicted octanol–water partition coefficient (Wildman–Crippen LogP) is -1.00. The van der Waals surface area contributed by atoms with E-state index in [0.29, 0.717) is 25.7 Å². The van der Waals surface area contributed by atoms with Crippen molar-refractivity contribution in [1.82, 2.24) is 0 Å². The second kappa shape index (κ2) is 5.63. The van der Waals surface area contributed by atoms with Gasteiger partial charge in [0.05, 0.1) is 32.0 Å². The summed E-state index contributed by atoms with van der Waals surface area (Å²) in [6, 6.07) is 0. The smallest absolute Gasteiger partial charge is 0.195 e. The summed E-state index contributed by atoms with van der Waals surface area (Å²) in [6.07, 6.45) is 0.820. The molecule has 6 heteroatoms. The highest BCUT2D eigenvalue weighted by atomic mass is 16.6. The van der Waals surface area contributed by atoms with Gasteiger partial charge in [-0.1, -0.05) is 0 Å². The van der Waals surface area contributed by atoms with E-state index in [4.69, 9.17) is 19.7 Å². The van der Waals surface area contributed by atoms with Gasteiger partial charge in [0, 0.05) is 0 Å². The maximum absolute atomic E-state index is 12.4. The SMILES string of the molecule is O=C(C1CCC(CO)O1)C1(CO)CCC(CO)O1. The number of ether oxygens (including phenoxy) is 2. The topological polar surface area (TPSA) is 96.2 Å². The van der Waals surface area contributed by atoms with Crippen LogP contribution < -0.4 is 0 Å². The fourth-order valence-electron chi connectivity index (χ4n) is 2.66. The second-order valence-electron chi connectivity index (χ2n) is 4.98. The average Bonchev–Trinajstić information content (AvgIpc) is 3.05. The van der Waals surface area contributed by atoms with Crippen molar-refractivity contribution in [3.8, 4) is 0 Å². The van der Waals surface area contributed by atoms with E-state index in [0.717, 1.165) is 0 Å². The van der Waals surface area contributed by atoms with Gasteiger partial charge in [-0.05, 0) is 25.7 Å². The highest BCUT2D eigenvalue weighted by molar-refractivity contribution is 5.92. The van der Waals surface area contributed by atoms with Crippen LogP contribution in [0.4, 0.5) is 0 Å². The Morgan fingerprint density at radius 2 is 1.83 bits per heavy atom. The molecule has 4 atom stereocenters. The first-order valence-electron chi connectivity index (χ1n) is 6.35. The zero-order valence-electron chi connectivity index (χ0n) is 10.2. The fraction of sp³-hybridized carbons (Fsp3) is 0.917. The van der Waals surface area contributed by atoms with Gasteiger partial charge in [0.15, 0.2) is 11.4 Å². The summed E-state index contributed by atoms with van der Waals surface area (Å²) in [4.78, 5) is 12.4. The summed E-state index contributed by atoms with van der Waals surface area (Å²) in [5.74, 6) is -0.267. The van der Waals surface area contributed by atoms with Crippen LogP contribution in [-0.2, 0) is 14.3 Å². The Labute approximate surface area is 106 Å². The lowest BCUT2D eigenvalue weighted by Crippen LogP contribution is -2.48. The van der Waals surface area contributed by atoms with Crippen LogP contribution in [0.1, 0.15) is 25.7 Å². The van der Waals surface area contributed by atoms with E-state index in [9.17, 15) is 9.90 Å². The van der Waals surface area contributed by atoms with Crippen LogP contribution >= 0.6 is 0 Å². The van der Waals surface area contributed by atoms with Crippen LogP contribution in [0.2, 0.25) is 0 Å². The summed E-state index contributed by atoms with van der Waals surface area (Å²) in [5, 5.41) is 27.5. The maximum atomic E-state index is 12.4. The Balaban J connectivity index is 2.02. The molecule has 4 unspecified atom stereocenters. The van der Waals surface area contributed by atoms with Crippen LogP contribution in [-0.4, -0.2) is 64.8 Å². The summed E-state index contributed by atoms with van der Waals surface area (Å²) in [5.41, 5.74) is -1.23. The second-order valence-corrected chi connectivity index (χ2v) is 4.98. The van der Waals surface area contributed by atoms with Crippen LogP contribution in [0.5, 0.6) is 0 Å². The molecule has 2 heterocycles. The van der Waals surface area contributed by atoms with Gasteiger partial charge in [-0.15, -0.1) is 0 Å². The normalized spacial score (nSPS) is 40.3. The molecular weight excluding hydrogens is 240 g/mol. The monoisotopic (exact) mass is 260 g/mol. The molecule has 0 saturated carbocycles. The van der Waals surface area contributed by atoms with Crippen LogP contribution in [0.25, 0.3) is 0 Å².